The number of fused-ring (bicyclic) bond motifs is 2. The van der Waals surface area contributed by atoms with Crippen molar-refractivity contribution in [2.45, 2.75) is 47.1 Å². The van der Waals surface area contributed by atoms with Crippen molar-refractivity contribution in [3.05, 3.63) is 65.2 Å². The molecule has 2 aromatic rings. The van der Waals surface area contributed by atoms with Gasteiger partial charge in [-0.25, -0.2) is 5.84 Å². The number of ether oxygens (including phenoxy) is 2. The molecule has 222 valence electrons. The van der Waals surface area contributed by atoms with Crippen molar-refractivity contribution < 1.29 is 23.9 Å². The van der Waals surface area contributed by atoms with E-state index in [9.17, 15) is 14.4 Å². The molecular formula is C31H43N5O5. The summed E-state index contributed by atoms with van der Waals surface area (Å²) in [5.41, 5.74) is 10.1. The van der Waals surface area contributed by atoms with Gasteiger partial charge in [0.05, 0.1) is 36.8 Å². The molecule has 0 radical (unpaired) electrons. The Balaban J connectivity index is 1.94. The number of carbonyl (C=O) groups excluding carboxylic acids is 3. The minimum atomic E-state index is -0.624. The Hall–Kier alpha value is -3.89. The number of rotatable bonds is 14. The average Bonchev–Trinajstić information content (AvgIpc) is 2.95. The molecule has 0 fully saturated rings. The SMILES string of the molecule is CCCOCCNC(=O)CC(C)(C)C(C)C(=O)N1Cc2ccccc2/C(N(N)CCOC=O)=C(/N)c2ccccc21. The van der Waals surface area contributed by atoms with E-state index in [0.29, 0.717) is 48.9 Å². The van der Waals surface area contributed by atoms with Crippen LogP contribution in [0.4, 0.5) is 5.69 Å². The summed E-state index contributed by atoms with van der Waals surface area (Å²) in [6.07, 6.45) is 1.12. The summed E-state index contributed by atoms with van der Waals surface area (Å²) in [5.74, 6) is 5.73. The average molecular weight is 566 g/mol. The first-order valence-electron chi connectivity index (χ1n) is 14.0. The maximum absolute atomic E-state index is 14.2. The minimum absolute atomic E-state index is 0.0944. The van der Waals surface area contributed by atoms with E-state index >= 15 is 0 Å². The normalized spacial score (nSPS) is 15.6. The number of carbonyl (C=O) groups is 3. The second-order valence-electron chi connectivity index (χ2n) is 10.9. The van der Waals surface area contributed by atoms with Gasteiger partial charge in [0.1, 0.15) is 6.61 Å². The molecule has 10 heteroatoms. The van der Waals surface area contributed by atoms with Crippen LogP contribution < -0.4 is 21.8 Å². The standard InChI is InChI=1S/C31H43N5O5/c1-5-16-40-17-14-34-27(38)19-31(3,4)22(2)30(39)35-20-23-10-6-7-11-24(23)29(36(33)15-18-41-21-37)28(32)25-12-8-9-13-26(25)35/h6-13,21-22H,5,14-20,32-33H2,1-4H3,(H,34,38)/b29-28-. The predicted molar refractivity (Wildman–Crippen MR) is 160 cm³/mol. The van der Waals surface area contributed by atoms with Gasteiger partial charge in [-0.3, -0.25) is 14.4 Å². The Bertz CT molecular complexity index is 1240. The van der Waals surface area contributed by atoms with Crippen LogP contribution in [-0.4, -0.2) is 56.2 Å². The lowest BCUT2D eigenvalue weighted by molar-refractivity contribution is -0.130. The Morgan fingerprint density at radius 2 is 1.78 bits per heavy atom. The number of amides is 2. The maximum Gasteiger partial charge on any atom is 0.293 e. The largest absolute Gasteiger partial charge is 0.466 e. The first-order chi connectivity index (χ1) is 19.6. The molecule has 0 saturated carbocycles. The highest BCUT2D eigenvalue weighted by Gasteiger charge is 2.38. The van der Waals surface area contributed by atoms with Crippen molar-refractivity contribution in [3.8, 4) is 0 Å². The molecule has 1 aliphatic heterocycles. The fraction of sp³-hybridized carbons (Fsp3) is 0.452. The summed E-state index contributed by atoms with van der Waals surface area (Å²) in [6.45, 7) is 10.3. The Labute approximate surface area is 242 Å². The fourth-order valence-corrected chi connectivity index (χ4v) is 4.88. The Morgan fingerprint density at radius 1 is 1.10 bits per heavy atom. The van der Waals surface area contributed by atoms with Gasteiger partial charge in [-0.15, -0.1) is 0 Å². The molecule has 1 unspecified atom stereocenters. The summed E-state index contributed by atoms with van der Waals surface area (Å²) in [6, 6.07) is 15.1. The first kappa shape index (κ1) is 31.6. The van der Waals surface area contributed by atoms with Gasteiger partial charge in [-0.2, -0.15) is 0 Å². The number of hydrogen-bond donors (Lipinski definition) is 3. The molecule has 0 spiro atoms. The number of anilines is 1. The summed E-state index contributed by atoms with van der Waals surface area (Å²) in [7, 11) is 0. The monoisotopic (exact) mass is 565 g/mol. The van der Waals surface area contributed by atoms with Gasteiger partial charge in [0, 0.05) is 36.6 Å². The highest BCUT2D eigenvalue weighted by molar-refractivity contribution is 6.02. The van der Waals surface area contributed by atoms with E-state index in [-0.39, 0.29) is 37.9 Å². The smallest absolute Gasteiger partial charge is 0.293 e. The number of benzene rings is 2. The molecule has 5 N–H and O–H groups in total. The van der Waals surface area contributed by atoms with E-state index in [2.05, 4.69) is 5.32 Å². The van der Waals surface area contributed by atoms with E-state index in [4.69, 9.17) is 21.1 Å². The van der Waals surface area contributed by atoms with E-state index < -0.39 is 11.3 Å². The van der Waals surface area contributed by atoms with E-state index in [1.165, 1.54) is 5.01 Å². The maximum atomic E-state index is 14.2. The topological polar surface area (TPSA) is 140 Å². The van der Waals surface area contributed by atoms with Crippen LogP contribution in [0.15, 0.2) is 48.5 Å². The van der Waals surface area contributed by atoms with Crippen LogP contribution in [0.5, 0.6) is 0 Å². The van der Waals surface area contributed by atoms with Crippen LogP contribution in [0.25, 0.3) is 11.4 Å². The quantitative estimate of drug-likeness (QED) is 0.137. The second kappa shape index (κ2) is 14.7. The van der Waals surface area contributed by atoms with Crippen LogP contribution >= 0.6 is 0 Å². The van der Waals surface area contributed by atoms with Crippen molar-refractivity contribution in [2.24, 2.45) is 22.9 Å². The van der Waals surface area contributed by atoms with Gasteiger partial charge in [0.25, 0.3) is 6.47 Å². The number of nitrogens with one attached hydrogen (secondary N) is 1. The van der Waals surface area contributed by atoms with E-state index in [0.717, 1.165) is 17.5 Å². The second-order valence-corrected chi connectivity index (χ2v) is 10.9. The Morgan fingerprint density at radius 3 is 2.49 bits per heavy atom. The first-order valence-corrected chi connectivity index (χ1v) is 14.0. The fourth-order valence-electron chi connectivity index (χ4n) is 4.88. The molecule has 1 heterocycles. The molecule has 41 heavy (non-hydrogen) atoms. The van der Waals surface area contributed by atoms with Crippen LogP contribution in [0.2, 0.25) is 0 Å². The molecule has 1 aliphatic rings. The molecule has 2 aromatic carbocycles. The molecule has 0 bridgehead atoms. The number of nitrogens with zero attached hydrogens (tertiary/aromatic N) is 2. The van der Waals surface area contributed by atoms with Gasteiger partial charge in [0.15, 0.2) is 0 Å². The lowest BCUT2D eigenvalue weighted by Crippen LogP contribution is -2.44. The van der Waals surface area contributed by atoms with E-state index in [1.807, 2.05) is 76.2 Å². The van der Waals surface area contributed by atoms with Crippen LogP contribution in [0.3, 0.4) is 0 Å². The van der Waals surface area contributed by atoms with Gasteiger partial charge in [-0.1, -0.05) is 70.2 Å². The molecule has 1 atom stereocenters. The molecule has 0 aliphatic carbocycles. The Kier molecular flexibility index (Phi) is 11.3. The van der Waals surface area contributed by atoms with Crippen molar-refractivity contribution >= 4 is 35.4 Å². The number of hydrazine groups is 1. The lowest BCUT2D eigenvalue weighted by Gasteiger charge is -2.37. The van der Waals surface area contributed by atoms with Crippen molar-refractivity contribution in [1.29, 1.82) is 0 Å². The van der Waals surface area contributed by atoms with Crippen molar-refractivity contribution in [3.63, 3.8) is 0 Å². The molecule has 3 rings (SSSR count). The highest BCUT2D eigenvalue weighted by Crippen LogP contribution is 2.39. The molecular weight excluding hydrogens is 522 g/mol. The van der Waals surface area contributed by atoms with Crippen molar-refractivity contribution in [2.75, 3.05) is 37.8 Å². The van der Waals surface area contributed by atoms with E-state index in [1.54, 1.807) is 4.90 Å². The van der Waals surface area contributed by atoms with Crippen LogP contribution in [0, 0.1) is 11.3 Å². The minimum Gasteiger partial charge on any atom is -0.466 e. The number of para-hydroxylation sites is 1. The zero-order chi connectivity index (χ0) is 30.0. The molecule has 10 nitrogen and oxygen atoms in total. The third kappa shape index (κ3) is 7.86. The third-order valence-electron chi connectivity index (χ3n) is 7.49. The number of nitrogens with two attached hydrogens (primary N) is 2. The lowest BCUT2D eigenvalue weighted by atomic mass is 9.76. The molecule has 0 saturated heterocycles. The zero-order valence-electron chi connectivity index (χ0n) is 24.5. The highest BCUT2D eigenvalue weighted by atomic mass is 16.5. The zero-order valence-corrected chi connectivity index (χ0v) is 24.5. The summed E-state index contributed by atoms with van der Waals surface area (Å²) < 4.78 is 10.3. The predicted octanol–water partition coefficient (Wildman–Crippen LogP) is 3.26. The third-order valence-corrected chi connectivity index (χ3v) is 7.49. The van der Waals surface area contributed by atoms with Crippen LogP contribution in [-0.2, 0) is 30.4 Å². The summed E-state index contributed by atoms with van der Waals surface area (Å²) in [5, 5.41) is 4.38. The molecule has 0 aromatic heterocycles. The van der Waals surface area contributed by atoms with Crippen molar-refractivity contribution in [1.82, 2.24) is 10.3 Å². The van der Waals surface area contributed by atoms with Gasteiger partial charge in [0.2, 0.25) is 11.8 Å². The summed E-state index contributed by atoms with van der Waals surface area (Å²) in [4.78, 5) is 39.4. The van der Waals surface area contributed by atoms with Gasteiger partial charge < -0.3 is 30.4 Å². The van der Waals surface area contributed by atoms with Gasteiger partial charge >= 0.3 is 0 Å². The van der Waals surface area contributed by atoms with Crippen LogP contribution in [0.1, 0.15) is 57.2 Å². The summed E-state index contributed by atoms with van der Waals surface area (Å²) >= 11 is 0. The van der Waals surface area contributed by atoms with Gasteiger partial charge in [-0.05, 0) is 23.5 Å². The molecule has 2 amide bonds. The number of hydrogen-bond acceptors (Lipinski definition) is 8.